The van der Waals surface area contributed by atoms with Gasteiger partial charge in [-0.1, -0.05) is 12.1 Å². The van der Waals surface area contributed by atoms with Gasteiger partial charge in [-0.05, 0) is 42.3 Å². The molecule has 0 aliphatic heterocycles. The molecule has 21 heavy (non-hydrogen) atoms. The normalized spacial score (nSPS) is 11.4. The van der Waals surface area contributed by atoms with Gasteiger partial charge in [0.15, 0.2) is 11.6 Å². The molecule has 2 aromatic carbocycles. The van der Waals surface area contributed by atoms with Crippen molar-refractivity contribution in [1.82, 2.24) is 0 Å². The van der Waals surface area contributed by atoms with Gasteiger partial charge in [-0.2, -0.15) is 0 Å². The summed E-state index contributed by atoms with van der Waals surface area (Å²) in [6.45, 7) is 1.41. The van der Waals surface area contributed by atoms with Gasteiger partial charge in [-0.15, -0.1) is 0 Å². The minimum Gasteiger partial charge on any atom is -0.392 e. The Hall–Kier alpha value is -1.99. The molecule has 0 atom stereocenters. The Labute approximate surface area is 121 Å². The van der Waals surface area contributed by atoms with Crippen LogP contribution in [0, 0.1) is 18.6 Å². The van der Waals surface area contributed by atoms with Crippen LogP contribution in [-0.2, 0) is 16.6 Å². The molecule has 2 aromatic rings. The Morgan fingerprint density at radius 3 is 2.57 bits per heavy atom. The number of hydrogen-bond acceptors (Lipinski definition) is 3. The van der Waals surface area contributed by atoms with Crippen LogP contribution in [0.4, 0.5) is 14.5 Å². The molecule has 2 N–H and O–H groups in total. The lowest BCUT2D eigenvalue weighted by Crippen LogP contribution is -2.15. The molecule has 0 saturated heterocycles. The third-order valence-electron chi connectivity index (χ3n) is 3.00. The number of aryl methyl sites for hydroxylation is 1. The first kappa shape index (κ1) is 15.4. The summed E-state index contributed by atoms with van der Waals surface area (Å²) < 4.78 is 52.9. The second kappa shape index (κ2) is 5.79. The lowest BCUT2D eigenvalue weighted by molar-refractivity contribution is 0.281. The summed E-state index contributed by atoms with van der Waals surface area (Å²) in [7, 11) is -4.07. The van der Waals surface area contributed by atoms with Crippen LogP contribution in [-0.4, -0.2) is 13.5 Å². The minimum absolute atomic E-state index is 0.138. The number of rotatable bonds is 4. The molecule has 0 bridgehead atoms. The number of benzene rings is 2. The average molecular weight is 313 g/mol. The summed E-state index contributed by atoms with van der Waals surface area (Å²) in [5.74, 6) is -2.41. The maximum atomic E-state index is 13.5. The van der Waals surface area contributed by atoms with Crippen LogP contribution in [0.15, 0.2) is 41.3 Å². The van der Waals surface area contributed by atoms with Crippen LogP contribution in [0.25, 0.3) is 0 Å². The van der Waals surface area contributed by atoms with Gasteiger partial charge < -0.3 is 5.11 Å². The van der Waals surface area contributed by atoms with Crippen molar-refractivity contribution < 1.29 is 22.3 Å². The SMILES string of the molecule is Cc1ccc(S(=O)(=O)Nc2cccc(F)c2F)cc1CO. The van der Waals surface area contributed by atoms with Gasteiger partial charge in [0.1, 0.15) is 0 Å². The first-order valence-electron chi connectivity index (χ1n) is 6.02. The first-order chi connectivity index (χ1) is 9.85. The summed E-state index contributed by atoms with van der Waals surface area (Å²) in [6, 6.07) is 7.36. The van der Waals surface area contributed by atoms with Gasteiger partial charge in [0.05, 0.1) is 17.2 Å². The van der Waals surface area contributed by atoms with Crippen LogP contribution < -0.4 is 4.72 Å². The van der Waals surface area contributed by atoms with Crippen LogP contribution >= 0.6 is 0 Å². The first-order valence-corrected chi connectivity index (χ1v) is 7.50. The minimum atomic E-state index is -4.07. The predicted octanol–water partition coefficient (Wildman–Crippen LogP) is 2.57. The summed E-state index contributed by atoms with van der Waals surface area (Å²) in [5.41, 5.74) is 0.701. The van der Waals surface area contributed by atoms with E-state index < -0.39 is 27.3 Å². The second-order valence-corrected chi connectivity index (χ2v) is 6.14. The molecule has 7 heteroatoms. The summed E-state index contributed by atoms with van der Waals surface area (Å²) in [4.78, 5) is -0.138. The fourth-order valence-corrected chi connectivity index (χ4v) is 2.88. The highest BCUT2D eigenvalue weighted by molar-refractivity contribution is 7.92. The highest BCUT2D eigenvalue weighted by atomic mass is 32.2. The molecule has 0 saturated carbocycles. The molecule has 0 heterocycles. The highest BCUT2D eigenvalue weighted by Gasteiger charge is 2.18. The van der Waals surface area contributed by atoms with Crippen molar-refractivity contribution in [3.05, 3.63) is 59.2 Å². The Morgan fingerprint density at radius 1 is 1.19 bits per heavy atom. The van der Waals surface area contributed by atoms with Crippen molar-refractivity contribution in [3.8, 4) is 0 Å². The fraction of sp³-hybridized carbons (Fsp3) is 0.143. The number of hydrogen-bond donors (Lipinski definition) is 2. The summed E-state index contributed by atoms with van der Waals surface area (Å²) >= 11 is 0. The van der Waals surface area contributed by atoms with E-state index in [1.807, 2.05) is 4.72 Å². The van der Waals surface area contributed by atoms with Crippen molar-refractivity contribution in [2.45, 2.75) is 18.4 Å². The number of halogens is 2. The predicted molar refractivity (Wildman–Crippen MR) is 74.3 cm³/mol. The van der Waals surface area contributed by atoms with Crippen molar-refractivity contribution >= 4 is 15.7 Å². The highest BCUT2D eigenvalue weighted by Crippen LogP contribution is 2.22. The van der Waals surface area contributed by atoms with E-state index in [2.05, 4.69) is 0 Å². The Morgan fingerprint density at radius 2 is 1.90 bits per heavy atom. The van der Waals surface area contributed by atoms with Crippen molar-refractivity contribution in [1.29, 1.82) is 0 Å². The molecule has 0 unspecified atom stereocenters. The van der Waals surface area contributed by atoms with E-state index >= 15 is 0 Å². The Balaban J connectivity index is 2.41. The molecule has 0 spiro atoms. The van der Waals surface area contributed by atoms with Crippen molar-refractivity contribution in [2.75, 3.05) is 4.72 Å². The maximum Gasteiger partial charge on any atom is 0.261 e. The number of aliphatic hydroxyl groups is 1. The number of aliphatic hydroxyl groups excluding tert-OH is 1. The van der Waals surface area contributed by atoms with Gasteiger partial charge in [-0.3, -0.25) is 4.72 Å². The molecule has 0 fully saturated rings. The standard InChI is InChI=1S/C14H13F2NO3S/c1-9-5-6-11(7-10(9)8-18)21(19,20)17-13-4-2-3-12(15)14(13)16/h2-7,17-18H,8H2,1H3. The van der Waals surface area contributed by atoms with Gasteiger partial charge in [-0.25, -0.2) is 17.2 Å². The van der Waals surface area contributed by atoms with E-state index in [1.54, 1.807) is 6.92 Å². The number of nitrogens with one attached hydrogen (secondary N) is 1. The second-order valence-electron chi connectivity index (χ2n) is 4.45. The van der Waals surface area contributed by atoms with Crippen molar-refractivity contribution in [3.63, 3.8) is 0 Å². The molecule has 4 nitrogen and oxygen atoms in total. The third kappa shape index (κ3) is 3.20. The molecular weight excluding hydrogens is 300 g/mol. The Bertz CT molecular complexity index is 776. The van der Waals surface area contributed by atoms with Crippen LogP contribution in [0.2, 0.25) is 0 Å². The van der Waals surface area contributed by atoms with E-state index in [4.69, 9.17) is 5.11 Å². The van der Waals surface area contributed by atoms with Crippen LogP contribution in [0.1, 0.15) is 11.1 Å². The molecule has 0 radical (unpaired) electrons. The van der Waals surface area contributed by atoms with E-state index in [0.29, 0.717) is 5.56 Å². The lowest BCUT2D eigenvalue weighted by atomic mass is 10.1. The lowest BCUT2D eigenvalue weighted by Gasteiger charge is -2.11. The quantitative estimate of drug-likeness (QED) is 0.911. The monoisotopic (exact) mass is 313 g/mol. The van der Waals surface area contributed by atoms with Gasteiger partial charge >= 0.3 is 0 Å². The van der Waals surface area contributed by atoms with E-state index in [-0.39, 0.29) is 11.5 Å². The maximum absolute atomic E-state index is 13.5. The zero-order valence-corrected chi connectivity index (χ0v) is 11.9. The Kier molecular flexibility index (Phi) is 4.24. The zero-order chi connectivity index (χ0) is 15.6. The molecule has 0 aliphatic rings. The molecular formula is C14H13F2NO3S. The zero-order valence-electron chi connectivity index (χ0n) is 11.1. The molecule has 112 valence electrons. The molecule has 0 aromatic heterocycles. The molecule has 2 rings (SSSR count). The van der Waals surface area contributed by atoms with Gasteiger partial charge in [0, 0.05) is 0 Å². The van der Waals surface area contributed by atoms with E-state index in [1.165, 1.54) is 24.3 Å². The van der Waals surface area contributed by atoms with Gasteiger partial charge in [0.2, 0.25) is 0 Å². The summed E-state index contributed by atoms with van der Waals surface area (Å²) in [5, 5.41) is 9.15. The average Bonchev–Trinajstić information content (AvgIpc) is 2.44. The third-order valence-corrected chi connectivity index (χ3v) is 4.36. The van der Waals surface area contributed by atoms with E-state index in [9.17, 15) is 17.2 Å². The fourth-order valence-electron chi connectivity index (χ4n) is 1.77. The molecule has 0 amide bonds. The summed E-state index contributed by atoms with van der Waals surface area (Å²) in [6.07, 6.45) is 0. The van der Waals surface area contributed by atoms with Crippen LogP contribution in [0.3, 0.4) is 0 Å². The smallest absolute Gasteiger partial charge is 0.261 e. The van der Waals surface area contributed by atoms with Gasteiger partial charge in [0.25, 0.3) is 10.0 Å². The largest absolute Gasteiger partial charge is 0.392 e. The van der Waals surface area contributed by atoms with Crippen molar-refractivity contribution in [2.24, 2.45) is 0 Å². The number of anilines is 1. The topological polar surface area (TPSA) is 66.4 Å². The van der Waals surface area contributed by atoms with Crippen LogP contribution in [0.5, 0.6) is 0 Å². The van der Waals surface area contributed by atoms with E-state index in [0.717, 1.165) is 17.7 Å². The number of sulfonamides is 1. The molecule has 0 aliphatic carbocycles.